The van der Waals surface area contributed by atoms with E-state index in [-0.39, 0.29) is 11.6 Å². The maximum absolute atomic E-state index is 13.3. The number of hydrogen-bond acceptors (Lipinski definition) is 3. The van der Waals surface area contributed by atoms with Crippen LogP contribution in [0.5, 0.6) is 0 Å². The minimum atomic E-state index is -2.25. The van der Waals surface area contributed by atoms with Gasteiger partial charge in [-0.15, -0.1) is 0 Å². The van der Waals surface area contributed by atoms with Crippen LogP contribution in [0.2, 0.25) is 0 Å². The van der Waals surface area contributed by atoms with Crippen molar-refractivity contribution < 1.29 is 14.0 Å². The van der Waals surface area contributed by atoms with Gasteiger partial charge in [-0.25, -0.2) is 14.2 Å². The maximum atomic E-state index is 13.3. The van der Waals surface area contributed by atoms with E-state index in [1.165, 1.54) is 12.1 Å². The molecular formula is C18H15Cl3FN3O2. The van der Waals surface area contributed by atoms with Gasteiger partial charge in [0.25, 0.3) is 9.70 Å². The minimum Gasteiger partial charge on any atom is -0.292 e. The summed E-state index contributed by atoms with van der Waals surface area (Å²) in [6, 6.07) is 6.94. The highest BCUT2D eigenvalue weighted by Crippen LogP contribution is 2.27. The first-order valence-corrected chi connectivity index (χ1v) is 8.83. The summed E-state index contributed by atoms with van der Waals surface area (Å²) in [4.78, 5) is 27.3. The standard InChI is InChI=1S/C18H15Cl3FN3O2/c1-3-13(14-6-5-12(22)8-10(14)2)11-4-7-15(23-9-11)24-17(27)25-16(26)18(19,20)21/h3-9H,1-2H3,(H2,23,24,25,26,27)/b13-3-. The van der Waals surface area contributed by atoms with Crippen LogP contribution < -0.4 is 10.6 Å². The molecule has 27 heavy (non-hydrogen) atoms. The lowest BCUT2D eigenvalue weighted by Gasteiger charge is -2.13. The average Bonchev–Trinajstić information content (AvgIpc) is 2.57. The number of aryl methyl sites for hydroxylation is 1. The van der Waals surface area contributed by atoms with Gasteiger partial charge >= 0.3 is 6.03 Å². The third kappa shape index (κ3) is 5.66. The molecule has 9 heteroatoms. The van der Waals surface area contributed by atoms with Crippen LogP contribution in [-0.2, 0) is 4.79 Å². The zero-order chi connectivity index (χ0) is 20.2. The Labute approximate surface area is 170 Å². The van der Waals surface area contributed by atoms with Crippen LogP contribution in [0.4, 0.5) is 15.0 Å². The highest BCUT2D eigenvalue weighted by molar-refractivity contribution is 6.76. The molecule has 0 atom stereocenters. The topological polar surface area (TPSA) is 71.1 Å². The molecule has 0 aliphatic carbocycles. The number of pyridine rings is 1. The molecule has 0 aliphatic heterocycles. The molecule has 0 saturated carbocycles. The summed E-state index contributed by atoms with van der Waals surface area (Å²) >= 11 is 16.1. The van der Waals surface area contributed by atoms with Gasteiger partial charge in [-0.2, -0.15) is 0 Å². The van der Waals surface area contributed by atoms with E-state index in [4.69, 9.17) is 34.8 Å². The molecule has 0 bridgehead atoms. The lowest BCUT2D eigenvalue weighted by atomic mass is 9.95. The summed E-state index contributed by atoms with van der Waals surface area (Å²) in [7, 11) is 0. The zero-order valence-corrected chi connectivity index (χ0v) is 16.6. The van der Waals surface area contributed by atoms with Crippen molar-refractivity contribution in [2.45, 2.75) is 17.6 Å². The van der Waals surface area contributed by atoms with E-state index in [0.717, 1.165) is 22.3 Å². The summed E-state index contributed by atoms with van der Waals surface area (Å²) in [5.74, 6) is -1.19. The van der Waals surface area contributed by atoms with Gasteiger partial charge in [0, 0.05) is 11.8 Å². The maximum Gasteiger partial charge on any atom is 0.327 e. The first-order chi connectivity index (χ1) is 12.6. The van der Waals surface area contributed by atoms with E-state index in [9.17, 15) is 14.0 Å². The zero-order valence-electron chi connectivity index (χ0n) is 14.3. The quantitative estimate of drug-likeness (QED) is 0.673. The van der Waals surface area contributed by atoms with Gasteiger partial charge in [0.15, 0.2) is 0 Å². The lowest BCUT2D eigenvalue weighted by molar-refractivity contribution is -0.119. The van der Waals surface area contributed by atoms with Crippen LogP contribution in [0.25, 0.3) is 5.57 Å². The molecule has 1 aromatic carbocycles. The molecule has 0 aliphatic rings. The second kappa shape index (κ2) is 8.69. The summed E-state index contributed by atoms with van der Waals surface area (Å²) in [5, 5.41) is 4.24. The van der Waals surface area contributed by atoms with Crippen molar-refractivity contribution in [2.24, 2.45) is 0 Å². The van der Waals surface area contributed by atoms with Gasteiger partial charge in [0.2, 0.25) is 0 Å². The van der Waals surface area contributed by atoms with Crippen molar-refractivity contribution in [2.75, 3.05) is 5.32 Å². The summed E-state index contributed by atoms with van der Waals surface area (Å²) in [6.07, 6.45) is 3.43. The third-order valence-corrected chi connectivity index (χ3v) is 4.08. The normalized spacial score (nSPS) is 11.9. The number of aromatic nitrogens is 1. The predicted octanol–water partition coefficient (Wildman–Crippen LogP) is 5.00. The summed E-state index contributed by atoms with van der Waals surface area (Å²) in [5.41, 5.74) is 3.29. The largest absolute Gasteiger partial charge is 0.327 e. The van der Waals surface area contributed by atoms with Gasteiger partial charge in [-0.05, 0) is 54.8 Å². The van der Waals surface area contributed by atoms with E-state index >= 15 is 0 Å². The van der Waals surface area contributed by atoms with Crippen LogP contribution in [0, 0.1) is 12.7 Å². The van der Waals surface area contributed by atoms with E-state index in [1.54, 1.807) is 24.4 Å². The Morgan fingerprint density at radius 3 is 2.41 bits per heavy atom. The number of nitrogens with zero attached hydrogens (tertiary/aromatic N) is 1. The van der Waals surface area contributed by atoms with Gasteiger partial charge in [0.05, 0.1) is 0 Å². The van der Waals surface area contributed by atoms with Crippen LogP contribution in [-0.4, -0.2) is 20.7 Å². The van der Waals surface area contributed by atoms with Crippen molar-refractivity contribution in [3.8, 4) is 0 Å². The van der Waals surface area contributed by atoms with Gasteiger partial charge in [-0.1, -0.05) is 46.9 Å². The second-order valence-corrected chi connectivity index (χ2v) is 7.78. The smallest absolute Gasteiger partial charge is 0.292 e. The number of imide groups is 1. The Morgan fingerprint density at radius 1 is 1.19 bits per heavy atom. The number of urea groups is 1. The number of alkyl halides is 3. The number of rotatable bonds is 3. The molecule has 0 saturated heterocycles. The van der Waals surface area contributed by atoms with Crippen molar-refractivity contribution in [3.05, 3.63) is 65.1 Å². The monoisotopic (exact) mass is 429 g/mol. The molecule has 5 nitrogen and oxygen atoms in total. The Morgan fingerprint density at radius 2 is 1.89 bits per heavy atom. The SMILES string of the molecule is C/C=C(/c1ccc(NC(=O)NC(=O)C(Cl)(Cl)Cl)nc1)c1ccc(F)cc1C. The summed E-state index contributed by atoms with van der Waals surface area (Å²) in [6.45, 7) is 3.68. The van der Waals surface area contributed by atoms with Crippen molar-refractivity contribution in [1.29, 1.82) is 0 Å². The first kappa shape index (κ1) is 21.2. The molecule has 0 fully saturated rings. The van der Waals surface area contributed by atoms with E-state index in [1.807, 2.05) is 25.2 Å². The number of amides is 3. The third-order valence-electron chi connectivity index (χ3n) is 3.57. The molecule has 0 spiro atoms. The molecule has 1 heterocycles. The van der Waals surface area contributed by atoms with Crippen molar-refractivity contribution in [1.82, 2.24) is 10.3 Å². The fourth-order valence-corrected chi connectivity index (χ4v) is 2.50. The molecule has 0 unspecified atom stereocenters. The van der Waals surface area contributed by atoms with E-state index in [2.05, 4.69) is 10.3 Å². The van der Waals surface area contributed by atoms with Crippen LogP contribution in [0.3, 0.4) is 0 Å². The second-order valence-electron chi connectivity index (χ2n) is 5.50. The number of allylic oxidation sites excluding steroid dienone is 1. The molecular weight excluding hydrogens is 416 g/mol. The van der Waals surface area contributed by atoms with Crippen molar-refractivity contribution >= 4 is 58.1 Å². The molecule has 2 aromatic rings. The highest BCUT2D eigenvalue weighted by atomic mass is 35.6. The average molecular weight is 431 g/mol. The molecule has 2 rings (SSSR count). The van der Waals surface area contributed by atoms with Crippen LogP contribution in [0.15, 0.2) is 42.6 Å². The number of benzene rings is 1. The Hall–Kier alpha value is -2.15. The van der Waals surface area contributed by atoms with Crippen LogP contribution in [0.1, 0.15) is 23.6 Å². The summed E-state index contributed by atoms with van der Waals surface area (Å²) < 4.78 is 11.1. The number of hydrogen-bond donors (Lipinski definition) is 2. The van der Waals surface area contributed by atoms with Crippen LogP contribution >= 0.6 is 34.8 Å². The number of carbonyl (C=O) groups is 2. The Balaban J connectivity index is 2.14. The number of halogens is 4. The highest BCUT2D eigenvalue weighted by Gasteiger charge is 2.32. The molecule has 0 radical (unpaired) electrons. The Bertz CT molecular complexity index is 894. The number of anilines is 1. The predicted molar refractivity (Wildman–Crippen MR) is 106 cm³/mol. The fraction of sp³-hybridized carbons (Fsp3) is 0.167. The van der Waals surface area contributed by atoms with E-state index in [0.29, 0.717) is 0 Å². The Kier molecular flexibility index (Phi) is 6.81. The van der Waals surface area contributed by atoms with Gasteiger partial charge in [-0.3, -0.25) is 15.4 Å². The molecule has 1 aromatic heterocycles. The van der Waals surface area contributed by atoms with Gasteiger partial charge < -0.3 is 0 Å². The van der Waals surface area contributed by atoms with E-state index < -0.39 is 15.7 Å². The molecule has 3 amide bonds. The van der Waals surface area contributed by atoms with Crippen molar-refractivity contribution in [3.63, 3.8) is 0 Å². The lowest BCUT2D eigenvalue weighted by Crippen LogP contribution is -2.41. The number of nitrogens with one attached hydrogen (secondary N) is 2. The first-order valence-electron chi connectivity index (χ1n) is 7.70. The van der Waals surface area contributed by atoms with Gasteiger partial charge in [0.1, 0.15) is 11.6 Å². The number of carbonyl (C=O) groups excluding carboxylic acids is 2. The fourth-order valence-electron chi connectivity index (χ4n) is 2.36. The molecule has 2 N–H and O–H groups in total. The molecule has 142 valence electrons. The minimum absolute atomic E-state index is 0.194.